The van der Waals surface area contributed by atoms with Gasteiger partial charge in [-0.15, -0.1) is 11.3 Å². The Morgan fingerprint density at radius 1 is 1.25 bits per heavy atom. The van der Waals surface area contributed by atoms with Gasteiger partial charge in [0.2, 0.25) is 0 Å². The second kappa shape index (κ2) is 6.96. The van der Waals surface area contributed by atoms with Gasteiger partial charge in [-0.05, 0) is 35.6 Å². The Balaban J connectivity index is 1.79. The molecular formula is C15H18N2O2S. The molecule has 2 rings (SSSR count). The average Bonchev–Trinajstić information content (AvgIpc) is 2.96. The summed E-state index contributed by atoms with van der Waals surface area (Å²) in [6.45, 7) is 3.05. The number of urea groups is 1. The van der Waals surface area contributed by atoms with Crippen LogP contribution in [0.5, 0.6) is 5.75 Å². The molecule has 0 aliphatic carbocycles. The molecule has 0 aliphatic rings. The Bertz CT molecular complexity index is 567. The van der Waals surface area contributed by atoms with Gasteiger partial charge in [0.05, 0.1) is 13.7 Å². The number of aryl methyl sites for hydroxylation is 1. The first kappa shape index (κ1) is 14.4. The second-order valence-corrected chi connectivity index (χ2v) is 5.45. The number of carbonyl (C=O) groups excluding carboxylic acids is 1. The number of carbonyl (C=O) groups is 1. The summed E-state index contributed by atoms with van der Waals surface area (Å²) in [5.74, 6) is 0.857. The molecule has 0 radical (unpaired) electrons. The van der Waals surface area contributed by atoms with E-state index in [1.54, 1.807) is 18.4 Å². The molecule has 0 spiro atoms. The fraction of sp³-hybridized carbons (Fsp3) is 0.267. The summed E-state index contributed by atoms with van der Waals surface area (Å²) < 4.78 is 5.21. The number of amides is 2. The lowest BCUT2D eigenvalue weighted by Gasteiger charge is -2.09. The van der Waals surface area contributed by atoms with E-state index in [2.05, 4.69) is 10.6 Å². The molecule has 2 N–H and O–H groups in total. The van der Waals surface area contributed by atoms with Gasteiger partial charge < -0.3 is 15.4 Å². The van der Waals surface area contributed by atoms with Crippen molar-refractivity contribution < 1.29 is 9.53 Å². The minimum Gasteiger partial charge on any atom is -0.496 e. The third kappa shape index (κ3) is 3.99. The van der Waals surface area contributed by atoms with Crippen molar-refractivity contribution in [3.63, 3.8) is 0 Å². The SMILES string of the molecule is COc1ccc(CNC(=O)NCc2cccs2)cc1C. The van der Waals surface area contributed by atoms with E-state index in [4.69, 9.17) is 4.74 Å². The van der Waals surface area contributed by atoms with Gasteiger partial charge in [0.1, 0.15) is 5.75 Å². The highest BCUT2D eigenvalue weighted by molar-refractivity contribution is 7.09. The summed E-state index contributed by atoms with van der Waals surface area (Å²) in [4.78, 5) is 12.8. The highest BCUT2D eigenvalue weighted by atomic mass is 32.1. The van der Waals surface area contributed by atoms with Crippen molar-refractivity contribution in [2.45, 2.75) is 20.0 Å². The predicted octanol–water partition coefficient (Wildman–Crippen LogP) is 3.06. The summed E-state index contributed by atoms with van der Waals surface area (Å²) in [7, 11) is 1.65. The molecule has 0 bridgehead atoms. The maximum atomic E-state index is 11.7. The largest absolute Gasteiger partial charge is 0.496 e. The van der Waals surface area contributed by atoms with Crippen LogP contribution in [0.4, 0.5) is 4.79 Å². The van der Waals surface area contributed by atoms with E-state index in [1.807, 2.05) is 42.6 Å². The van der Waals surface area contributed by atoms with E-state index < -0.39 is 0 Å². The van der Waals surface area contributed by atoms with E-state index in [9.17, 15) is 4.79 Å². The van der Waals surface area contributed by atoms with E-state index in [0.717, 1.165) is 21.8 Å². The highest BCUT2D eigenvalue weighted by Crippen LogP contribution is 2.18. The maximum Gasteiger partial charge on any atom is 0.315 e. The first-order chi connectivity index (χ1) is 9.69. The first-order valence-electron chi connectivity index (χ1n) is 6.36. The van der Waals surface area contributed by atoms with Crippen molar-refractivity contribution in [3.05, 3.63) is 51.7 Å². The second-order valence-electron chi connectivity index (χ2n) is 4.42. The minimum absolute atomic E-state index is 0.160. The lowest BCUT2D eigenvalue weighted by Crippen LogP contribution is -2.34. The molecule has 1 heterocycles. The van der Waals surface area contributed by atoms with Crippen molar-refractivity contribution in [1.29, 1.82) is 0 Å². The van der Waals surface area contributed by atoms with Crippen LogP contribution in [0.3, 0.4) is 0 Å². The molecule has 106 valence electrons. The van der Waals surface area contributed by atoms with Crippen LogP contribution in [0, 0.1) is 6.92 Å². The molecule has 5 heteroatoms. The van der Waals surface area contributed by atoms with Crippen molar-refractivity contribution in [2.24, 2.45) is 0 Å². The van der Waals surface area contributed by atoms with Gasteiger partial charge in [-0.1, -0.05) is 18.2 Å². The van der Waals surface area contributed by atoms with Gasteiger partial charge in [0, 0.05) is 11.4 Å². The van der Waals surface area contributed by atoms with Crippen molar-refractivity contribution >= 4 is 17.4 Å². The fourth-order valence-electron chi connectivity index (χ4n) is 1.88. The zero-order chi connectivity index (χ0) is 14.4. The number of hydrogen-bond donors (Lipinski definition) is 2. The molecule has 0 saturated carbocycles. The summed E-state index contributed by atoms with van der Waals surface area (Å²) in [5, 5.41) is 7.66. The number of ether oxygens (including phenoxy) is 1. The van der Waals surface area contributed by atoms with Crippen LogP contribution in [0.2, 0.25) is 0 Å². The number of nitrogens with one attached hydrogen (secondary N) is 2. The third-order valence-electron chi connectivity index (χ3n) is 2.92. The Kier molecular flexibility index (Phi) is 5.01. The molecule has 20 heavy (non-hydrogen) atoms. The molecule has 4 nitrogen and oxygen atoms in total. The summed E-state index contributed by atoms with van der Waals surface area (Å²) in [5.41, 5.74) is 2.11. The molecule has 0 atom stereocenters. The van der Waals surface area contributed by atoms with Crippen molar-refractivity contribution in [2.75, 3.05) is 7.11 Å². The van der Waals surface area contributed by atoms with Crippen LogP contribution in [0.25, 0.3) is 0 Å². The normalized spacial score (nSPS) is 10.1. The van der Waals surface area contributed by atoms with Gasteiger partial charge >= 0.3 is 6.03 Å². The van der Waals surface area contributed by atoms with Gasteiger partial charge in [0.25, 0.3) is 0 Å². The van der Waals surface area contributed by atoms with E-state index in [0.29, 0.717) is 13.1 Å². The van der Waals surface area contributed by atoms with E-state index in [1.165, 1.54) is 0 Å². The standard InChI is InChI=1S/C15H18N2O2S/c1-11-8-12(5-6-14(11)19-2)9-16-15(18)17-10-13-4-3-7-20-13/h3-8H,9-10H2,1-2H3,(H2,16,17,18). The molecule has 0 unspecified atom stereocenters. The minimum atomic E-state index is -0.160. The first-order valence-corrected chi connectivity index (χ1v) is 7.24. The molecule has 2 amide bonds. The fourth-order valence-corrected chi connectivity index (χ4v) is 2.52. The molecule has 1 aromatic carbocycles. The lowest BCUT2D eigenvalue weighted by molar-refractivity contribution is 0.240. The monoisotopic (exact) mass is 290 g/mol. The van der Waals surface area contributed by atoms with E-state index in [-0.39, 0.29) is 6.03 Å². The van der Waals surface area contributed by atoms with Crippen LogP contribution < -0.4 is 15.4 Å². The van der Waals surface area contributed by atoms with Gasteiger partial charge in [-0.2, -0.15) is 0 Å². The highest BCUT2D eigenvalue weighted by Gasteiger charge is 2.03. The summed E-state index contributed by atoms with van der Waals surface area (Å²) in [6.07, 6.45) is 0. The average molecular weight is 290 g/mol. The molecule has 2 aromatic rings. The smallest absolute Gasteiger partial charge is 0.315 e. The Hall–Kier alpha value is -2.01. The summed E-state index contributed by atoms with van der Waals surface area (Å²) in [6, 6.07) is 9.68. The van der Waals surface area contributed by atoms with Crippen LogP contribution >= 0.6 is 11.3 Å². The Morgan fingerprint density at radius 2 is 2.05 bits per heavy atom. The van der Waals surface area contributed by atoms with Crippen LogP contribution in [-0.2, 0) is 13.1 Å². The molecule has 0 saturated heterocycles. The lowest BCUT2D eigenvalue weighted by atomic mass is 10.1. The zero-order valence-electron chi connectivity index (χ0n) is 11.6. The Morgan fingerprint density at radius 3 is 2.70 bits per heavy atom. The molecular weight excluding hydrogens is 272 g/mol. The summed E-state index contributed by atoms with van der Waals surface area (Å²) >= 11 is 1.63. The number of thiophene rings is 1. The van der Waals surface area contributed by atoms with Crippen molar-refractivity contribution in [1.82, 2.24) is 10.6 Å². The number of methoxy groups -OCH3 is 1. The van der Waals surface area contributed by atoms with Crippen LogP contribution in [0.1, 0.15) is 16.0 Å². The van der Waals surface area contributed by atoms with Gasteiger partial charge in [0.15, 0.2) is 0 Å². The Labute approximate surface area is 122 Å². The number of rotatable bonds is 5. The van der Waals surface area contributed by atoms with Crippen molar-refractivity contribution in [3.8, 4) is 5.75 Å². The molecule has 0 aliphatic heterocycles. The van der Waals surface area contributed by atoms with E-state index >= 15 is 0 Å². The van der Waals surface area contributed by atoms with Gasteiger partial charge in [-0.25, -0.2) is 4.79 Å². The maximum absolute atomic E-state index is 11.7. The van der Waals surface area contributed by atoms with Gasteiger partial charge in [-0.3, -0.25) is 0 Å². The molecule has 1 aromatic heterocycles. The third-order valence-corrected chi connectivity index (χ3v) is 3.79. The number of hydrogen-bond acceptors (Lipinski definition) is 3. The molecule has 0 fully saturated rings. The number of benzene rings is 1. The topological polar surface area (TPSA) is 50.4 Å². The van der Waals surface area contributed by atoms with Crippen LogP contribution in [0.15, 0.2) is 35.7 Å². The zero-order valence-corrected chi connectivity index (χ0v) is 12.4. The quantitative estimate of drug-likeness (QED) is 0.889. The predicted molar refractivity (Wildman–Crippen MR) is 81.1 cm³/mol. The van der Waals surface area contributed by atoms with Crippen LogP contribution in [-0.4, -0.2) is 13.1 Å².